The van der Waals surface area contributed by atoms with Crippen LogP contribution in [0.25, 0.3) is 11.2 Å². The fourth-order valence-corrected chi connectivity index (χ4v) is 2.87. The molecule has 0 aliphatic heterocycles. The van der Waals surface area contributed by atoms with Gasteiger partial charge in [-0.3, -0.25) is 13.9 Å². The first-order chi connectivity index (χ1) is 12.8. The molecule has 3 aromatic rings. The largest absolute Gasteiger partial charge is 0.508 e. The lowest BCUT2D eigenvalue weighted by Gasteiger charge is -2.08. The van der Waals surface area contributed by atoms with E-state index < -0.39 is 5.69 Å². The first-order valence-corrected chi connectivity index (χ1v) is 8.61. The van der Waals surface area contributed by atoms with Gasteiger partial charge in [0.25, 0.3) is 5.56 Å². The standard InChI is InChI=1S/C18H22N6O3/c1-5-10-24-14-15(22(3)18(27)23(4)16(14)26)19-17(24)21-20-11(2)12-6-8-13(25)9-7-12/h6-9,25H,5,10H2,1-4H3,(H,19,21)/b20-11+. The highest BCUT2D eigenvalue weighted by molar-refractivity contribution is 5.99. The van der Waals surface area contributed by atoms with Crippen LogP contribution in [0.3, 0.4) is 0 Å². The van der Waals surface area contributed by atoms with Crippen molar-refractivity contribution >= 4 is 22.8 Å². The van der Waals surface area contributed by atoms with Gasteiger partial charge in [0.1, 0.15) is 5.75 Å². The number of hydrogen-bond acceptors (Lipinski definition) is 6. The van der Waals surface area contributed by atoms with Crippen LogP contribution in [0.1, 0.15) is 25.8 Å². The molecule has 0 saturated carbocycles. The number of nitrogens with one attached hydrogen (secondary N) is 1. The lowest BCUT2D eigenvalue weighted by Crippen LogP contribution is -2.37. The van der Waals surface area contributed by atoms with Crippen molar-refractivity contribution in [2.45, 2.75) is 26.8 Å². The maximum atomic E-state index is 12.6. The minimum atomic E-state index is -0.427. The molecule has 0 aliphatic rings. The van der Waals surface area contributed by atoms with Crippen molar-refractivity contribution in [1.29, 1.82) is 0 Å². The minimum Gasteiger partial charge on any atom is -0.508 e. The number of fused-ring (bicyclic) bond motifs is 1. The maximum Gasteiger partial charge on any atom is 0.332 e. The molecule has 0 fully saturated rings. The second-order valence-corrected chi connectivity index (χ2v) is 6.32. The molecule has 9 heteroatoms. The van der Waals surface area contributed by atoms with E-state index in [1.807, 2.05) is 13.8 Å². The number of phenols is 1. The molecule has 2 heterocycles. The third-order valence-electron chi connectivity index (χ3n) is 4.40. The summed E-state index contributed by atoms with van der Waals surface area (Å²) in [6.07, 6.45) is 0.785. The summed E-state index contributed by atoms with van der Waals surface area (Å²) in [6, 6.07) is 6.68. The lowest BCUT2D eigenvalue weighted by molar-refractivity contribution is 0.475. The smallest absolute Gasteiger partial charge is 0.332 e. The number of rotatable bonds is 5. The van der Waals surface area contributed by atoms with E-state index in [4.69, 9.17) is 0 Å². The Morgan fingerprint density at radius 3 is 2.48 bits per heavy atom. The van der Waals surface area contributed by atoms with Crippen LogP contribution in [0.4, 0.5) is 5.95 Å². The molecule has 0 aliphatic carbocycles. The molecule has 27 heavy (non-hydrogen) atoms. The monoisotopic (exact) mass is 370 g/mol. The molecule has 0 amide bonds. The summed E-state index contributed by atoms with van der Waals surface area (Å²) in [5, 5.41) is 13.7. The van der Waals surface area contributed by atoms with Gasteiger partial charge in [-0.1, -0.05) is 6.92 Å². The molecule has 142 valence electrons. The first-order valence-electron chi connectivity index (χ1n) is 8.61. The normalized spacial score (nSPS) is 11.9. The Hall–Kier alpha value is -3.36. The average Bonchev–Trinajstić information content (AvgIpc) is 3.02. The highest BCUT2D eigenvalue weighted by atomic mass is 16.3. The summed E-state index contributed by atoms with van der Waals surface area (Å²) in [5.74, 6) is 0.573. The molecule has 0 spiro atoms. The van der Waals surface area contributed by atoms with Crippen molar-refractivity contribution in [2.75, 3.05) is 5.43 Å². The van der Waals surface area contributed by atoms with Crippen molar-refractivity contribution < 1.29 is 5.11 Å². The highest BCUT2D eigenvalue weighted by Gasteiger charge is 2.18. The van der Waals surface area contributed by atoms with Crippen LogP contribution in [0.5, 0.6) is 5.75 Å². The summed E-state index contributed by atoms with van der Waals surface area (Å²) in [5.41, 5.74) is 4.29. The molecule has 1 aromatic carbocycles. The molecule has 2 N–H and O–H groups in total. The molecule has 0 saturated heterocycles. The quantitative estimate of drug-likeness (QED) is 0.521. The zero-order valence-electron chi connectivity index (χ0n) is 15.7. The number of nitrogens with zero attached hydrogens (tertiary/aromatic N) is 5. The Labute approximate surface area is 155 Å². The van der Waals surface area contributed by atoms with Gasteiger partial charge in [0.15, 0.2) is 11.2 Å². The number of anilines is 1. The molecule has 0 atom stereocenters. The fourth-order valence-electron chi connectivity index (χ4n) is 2.87. The average molecular weight is 370 g/mol. The van der Waals surface area contributed by atoms with Crippen molar-refractivity contribution in [2.24, 2.45) is 19.2 Å². The fraction of sp³-hybridized carbons (Fsp3) is 0.333. The second kappa shape index (κ2) is 7.10. The van der Waals surface area contributed by atoms with E-state index in [1.165, 1.54) is 11.6 Å². The maximum absolute atomic E-state index is 12.6. The van der Waals surface area contributed by atoms with E-state index in [-0.39, 0.29) is 11.3 Å². The summed E-state index contributed by atoms with van der Waals surface area (Å²) < 4.78 is 4.17. The number of phenolic OH excluding ortho intramolecular Hbond substituents is 1. The molecule has 2 aromatic heterocycles. The minimum absolute atomic E-state index is 0.181. The summed E-state index contributed by atoms with van der Waals surface area (Å²) in [7, 11) is 3.04. The SMILES string of the molecule is CCCn1c(N/N=C(\C)c2ccc(O)cc2)nc2c1c(=O)n(C)c(=O)n2C. The zero-order chi connectivity index (χ0) is 19.7. The Morgan fingerprint density at radius 1 is 1.19 bits per heavy atom. The van der Waals surface area contributed by atoms with Crippen LogP contribution in [0.2, 0.25) is 0 Å². The molecular weight excluding hydrogens is 348 g/mol. The Balaban J connectivity index is 2.10. The second-order valence-electron chi connectivity index (χ2n) is 6.32. The van der Waals surface area contributed by atoms with Gasteiger partial charge in [-0.15, -0.1) is 0 Å². The van der Waals surface area contributed by atoms with Crippen molar-refractivity contribution in [3.8, 4) is 5.75 Å². The van der Waals surface area contributed by atoms with Gasteiger partial charge in [0.05, 0.1) is 5.71 Å². The van der Waals surface area contributed by atoms with Gasteiger partial charge in [-0.2, -0.15) is 10.1 Å². The van der Waals surface area contributed by atoms with Crippen LogP contribution in [0, 0.1) is 0 Å². The van der Waals surface area contributed by atoms with E-state index in [1.54, 1.807) is 35.9 Å². The molecular formula is C18H22N6O3. The van der Waals surface area contributed by atoms with Gasteiger partial charge < -0.3 is 9.67 Å². The highest BCUT2D eigenvalue weighted by Crippen LogP contribution is 2.17. The molecule has 0 unspecified atom stereocenters. The van der Waals surface area contributed by atoms with E-state index in [0.717, 1.165) is 16.6 Å². The van der Waals surface area contributed by atoms with Crippen molar-refractivity contribution in [1.82, 2.24) is 18.7 Å². The molecule has 9 nitrogen and oxygen atoms in total. The van der Waals surface area contributed by atoms with Gasteiger partial charge >= 0.3 is 5.69 Å². The number of aryl methyl sites for hydroxylation is 2. The van der Waals surface area contributed by atoms with Crippen molar-refractivity contribution in [3.05, 3.63) is 50.7 Å². The van der Waals surface area contributed by atoms with Crippen LogP contribution in [-0.2, 0) is 20.6 Å². The number of hydrazone groups is 1. The van der Waals surface area contributed by atoms with E-state index >= 15 is 0 Å². The van der Waals surface area contributed by atoms with Crippen LogP contribution < -0.4 is 16.7 Å². The summed E-state index contributed by atoms with van der Waals surface area (Å²) in [4.78, 5) is 29.2. The summed E-state index contributed by atoms with van der Waals surface area (Å²) >= 11 is 0. The molecule has 3 rings (SSSR count). The number of aromatic nitrogens is 4. The number of aromatic hydroxyl groups is 1. The van der Waals surface area contributed by atoms with Crippen LogP contribution in [-0.4, -0.2) is 29.5 Å². The molecule has 0 bridgehead atoms. The van der Waals surface area contributed by atoms with Gasteiger partial charge in [-0.25, -0.2) is 10.2 Å². The third kappa shape index (κ3) is 3.23. The van der Waals surface area contributed by atoms with Gasteiger partial charge in [0.2, 0.25) is 5.95 Å². The van der Waals surface area contributed by atoms with E-state index in [2.05, 4.69) is 15.5 Å². The first kappa shape index (κ1) is 18.4. The number of benzene rings is 1. The van der Waals surface area contributed by atoms with E-state index in [0.29, 0.717) is 29.4 Å². The Morgan fingerprint density at radius 2 is 1.85 bits per heavy atom. The number of hydrogen-bond donors (Lipinski definition) is 2. The zero-order valence-corrected chi connectivity index (χ0v) is 15.7. The van der Waals surface area contributed by atoms with Crippen molar-refractivity contribution in [3.63, 3.8) is 0 Å². The van der Waals surface area contributed by atoms with Crippen LogP contribution in [0.15, 0.2) is 39.0 Å². The summed E-state index contributed by atoms with van der Waals surface area (Å²) in [6.45, 7) is 4.37. The molecule has 0 radical (unpaired) electrons. The predicted octanol–water partition coefficient (Wildman–Crippen LogP) is 1.39. The Kier molecular flexibility index (Phi) is 4.85. The van der Waals surface area contributed by atoms with E-state index in [9.17, 15) is 14.7 Å². The van der Waals surface area contributed by atoms with Crippen LogP contribution >= 0.6 is 0 Å². The van der Waals surface area contributed by atoms with Gasteiger partial charge in [-0.05, 0) is 43.2 Å². The Bertz CT molecular complexity index is 1140. The topological polar surface area (TPSA) is 106 Å². The number of imidazole rings is 1. The lowest BCUT2D eigenvalue weighted by atomic mass is 10.1. The third-order valence-corrected chi connectivity index (χ3v) is 4.40. The predicted molar refractivity (Wildman–Crippen MR) is 104 cm³/mol. The van der Waals surface area contributed by atoms with Gasteiger partial charge in [0, 0.05) is 20.6 Å².